The fraction of sp³-hybridized carbons (Fsp3) is 0.467. The lowest BCUT2D eigenvalue weighted by Gasteiger charge is -2.14. The van der Waals surface area contributed by atoms with Gasteiger partial charge in [-0.2, -0.15) is 0 Å². The molecular weight excluding hydrogens is 194 g/mol. The maximum Gasteiger partial charge on any atom is 0.0140 e. The van der Waals surface area contributed by atoms with Gasteiger partial charge in [-0.1, -0.05) is 44.2 Å². The number of rotatable bonds is 2. The van der Waals surface area contributed by atoms with Crippen LogP contribution in [0.25, 0.3) is 5.57 Å². The van der Waals surface area contributed by atoms with E-state index in [1.165, 1.54) is 29.5 Å². The predicted molar refractivity (Wildman–Crippen MR) is 70.6 cm³/mol. The number of nitrogens with one attached hydrogen (secondary N) is 1. The molecule has 1 aliphatic rings. The largest absolute Gasteiger partial charge is 0.313 e. The van der Waals surface area contributed by atoms with Crippen LogP contribution in [-0.2, 0) is 0 Å². The van der Waals surface area contributed by atoms with Crippen LogP contribution in [0.5, 0.6) is 0 Å². The van der Waals surface area contributed by atoms with Crippen molar-refractivity contribution in [3.8, 4) is 0 Å². The Bertz CT molecular complexity index is 377. The van der Waals surface area contributed by atoms with Crippen molar-refractivity contribution in [3.05, 3.63) is 41.5 Å². The number of hydrogen-bond donors (Lipinski definition) is 1. The number of allylic oxidation sites excluding steroid dienone is 1. The van der Waals surface area contributed by atoms with E-state index >= 15 is 0 Å². The molecule has 1 nitrogen and oxygen atoms in total. The molecule has 0 fully saturated rings. The van der Waals surface area contributed by atoms with Crippen molar-refractivity contribution in [2.45, 2.75) is 32.6 Å². The standard InChI is InChI=1S/C15H21N/c1-12(2)14-7-3-4-8-15(14)13-6-5-10-16-11-9-13/h3-4,7-9,12,16H,5-6,10-11H2,1-2H3. The van der Waals surface area contributed by atoms with Gasteiger partial charge in [0.2, 0.25) is 0 Å². The van der Waals surface area contributed by atoms with E-state index in [1.807, 2.05) is 0 Å². The summed E-state index contributed by atoms with van der Waals surface area (Å²) >= 11 is 0. The summed E-state index contributed by atoms with van der Waals surface area (Å²) in [5.41, 5.74) is 4.46. The van der Waals surface area contributed by atoms with Crippen LogP contribution in [0.4, 0.5) is 0 Å². The summed E-state index contributed by atoms with van der Waals surface area (Å²) in [7, 11) is 0. The third kappa shape index (κ3) is 2.53. The van der Waals surface area contributed by atoms with Crippen LogP contribution in [0.1, 0.15) is 43.7 Å². The van der Waals surface area contributed by atoms with Gasteiger partial charge in [0, 0.05) is 6.54 Å². The highest BCUT2D eigenvalue weighted by Gasteiger charge is 2.10. The first-order valence-electron chi connectivity index (χ1n) is 6.28. The summed E-state index contributed by atoms with van der Waals surface area (Å²) in [6, 6.07) is 8.83. The molecule has 1 heterocycles. The molecule has 16 heavy (non-hydrogen) atoms. The van der Waals surface area contributed by atoms with E-state index in [9.17, 15) is 0 Å². The summed E-state index contributed by atoms with van der Waals surface area (Å²) in [4.78, 5) is 0. The first-order valence-corrected chi connectivity index (χ1v) is 6.28. The molecule has 1 heteroatoms. The lowest BCUT2D eigenvalue weighted by molar-refractivity contribution is 0.722. The van der Waals surface area contributed by atoms with Crippen molar-refractivity contribution >= 4 is 5.57 Å². The van der Waals surface area contributed by atoms with Crippen LogP contribution < -0.4 is 5.32 Å². The normalized spacial score (nSPS) is 17.1. The lowest BCUT2D eigenvalue weighted by atomic mass is 9.90. The van der Waals surface area contributed by atoms with Crippen molar-refractivity contribution in [2.24, 2.45) is 0 Å². The molecule has 0 radical (unpaired) electrons. The van der Waals surface area contributed by atoms with Crippen LogP contribution in [0.2, 0.25) is 0 Å². The summed E-state index contributed by atoms with van der Waals surface area (Å²) in [6.07, 6.45) is 4.81. The molecule has 0 spiro atoms. The minimum atomic E-state index is 0.605. The van der Waals surface area contributed by atoms with Crippen LogP contribution in [-0.4, -0.2) is 13.1 Å². The minimum absolute atomic E-state index is 0.605. The second-order valence-corrected chi connectivity index (χ2v) is 4.78. The molecule has 2 rings (SSSR count). The summed E-state index contributed by atoms with van der Waals surface area (Å²) < 4.78 is 0. The Labute approximate surface area is 98.6 Å². The zero-order chi connectivity index (χ0) is 11.4. The molecule has 0 saturated heterocycles. The Morgan fingerprint density at radius 3 is 2.81 bits per heavy atom. The fourth-order valence-corrected chi connectivity index (χ4v) is 2.34. The van der Waals surface area contributed by atoms with Crippen molar-refractivity contribution in [1.82, 2.24) is 5.32 Å². The van der Waals surface area contributed by atoms with Gasteiger partial charge in [-0.3, -0.25) is 0 Å². The van der Waals surface area contributed by atoms with Crippen LogP contribution in [0, 0.1) is 0 Å². The van der Waals surface area contributed by atoms with E-state index < -0.39 is 0 Å². The van der Waals surface area contributed by atoms with Gasteiger partial charge in [0.05, 0.1) is 0 Å². The molecule has 0 atom stereocenters. The van der Waals surface area contributed by atoms with E-state index in [4.69, 9.17) is 0 Å². The number of benzene rings is 1. The Balaban J connectivity index is 2.34. The first kappa shape index (κ1) is 11.4. The SMILES string of the molecule is CC(C)c1ccccc1C1=CCNCCC1. The van der Waals surface area contributed by atoms with Gasteiger partial charge in [-0.15, -0.1) is 0 Å². The van der Waals surface area contributed by atoms with Gasteiger partial charge in [0.1, 0.15) is 0 Å². The second kappa shape index (κ2) is 5.31. The summed E-state index contributed by atoms with van der Waals surface area (Å²) in [6.45, 7) is 6.70. The molecule has 0 unspecified atom stereocenters. The van der Waals surface area contributed by atoms with Crippen LogP contribution >= 0.6 is 0 Å². The molecule has 1 N–H and O–H groups in total. The average Bonchev–Trinajstić information content (AvgIpc) is 2.57. The van der Waals surface area contributed by atoms with E-state index in [2.05, 4.69) is 49.5 Å². The quantitative estimate of drug-likeness (QED) is 0.795. The Morgan fingerprint density at radius 1 is 1.19 bits per heavy atom. The van der Waals surface area contributed by atoms with E-state index in [1.54, 1.807) is 0 Å². The molecule has 0 bridgehead atoms. The molecule has 0 aliphatic carbocycles. The van der Waals surface area contributed by atoms with Crippen LogP contribution in [0.15, 0.2) is 30.3 Å². The Morgan fingerprint density at radius 2 is 2.00 bits per heavy atom. The van der Waals surface area contributed by atoms with Crippen molar-refractivity contribution in [2.75, 3.05) is 13.1 Å². The van der Waals surface area contributed by atoms with E-state index in [-0.39, 0.29) is 0 Å². The molecule has 0 saturated carbocycles. The highest BCUT2D eigenvalue weighted by atomic mass is 14.8. The first-order chi connectivity index (χ1) is 7.79. The van der Waals surface area contributed by atoms with Crippen molar-refractivity contribution in [1.29, 1.82) is 0 Å². The molecule has 0 amide bonds. The van der Waals surface area contributed by atoms with E-state index in [0.717, 1.165) is 13.1 Å². The molecule has 0 aromatic heterocycles. The fourth-order valence-electron chi connectivity index (χ4n) is 2.34. The zero-order valence-corrected chi connectivity index (χ0v) is 10.3. The third-order valence-electron chi connectivity index (χ3n) is 3.22. The zero-order valence-electron chi connectivity index (χ0n) is 10.3. The molecule has 1 aromatic rings. The average molecular weight is 215 g/mol. The topological polar surface area (TPSA) is 12.0 Å². The van der Waals surface area contributed by atoms with Gasteiger partial charge < -0.3 is 5.32 Å². The minimum Gasteiger partial charge on any atom is -0.313 e. The monoisotopic (exact) mass is 215 g/mol. The maximum absolute atomic E-state index is 3.42. The van der Waals surface area contributed by atoms with E-state index in [0.29, 0.717) is 5.92 Å². The number of hydrogen-bond acceptors (Lipinski definition) is 1. The molecular formula is C15H21N. The highest BCUT2D eigenvalue weighted by Crippen LogP contribution is 2.28. The smallest absolute Gasteiger partial charge is 0.0140 e. The molecule has 1 aromatic carbocycles. The summed E-state index contributed by atoms with van der Waals surface area (Å²) in [5.74, 6) is 0.605. The van der Waals surface area contributed by atoms with Crippen LogP contribution in [0.3, 0.4) is 0 Å². The van der Waals surface area contributed by atoms with Gasteiger partial charge in [0.25, 0.3) is 0 Å². The molecule has 86 valence electrons. The van der Waals surface area contributed by atoms with Crippen molar-refractivity contribution in [3.63, 3.8) is 0 Å². The Kier molecular flexibility index (Phi) is 3.79. The third-order valence-corrected chi connectivity index (χ3v) is 3.22. The molecule has 1 aliphatic heterocycles. The van der Waals surface area contributed by atoms with Gasteiger partial charge in [-0.25, -0.2) is 0 Å². The Hall–Kier alpha value is -1.08. The highest BCUT2D eigenvalue weighted by molar-refractivity contribution is 5.69. The van der Waals surface area contributed by atoms with Gasteiger partial charge in [0.15, 0.2) is 0 Å². The van der Waals surface area contributed by atoms with Gasteiger partial charge in [-0.05, 0) is 42.0 Å². The van der Waals surface area contributed by atoms with Crippen molar-refractivity contribution < 1.29 is 0 Å². The predicted octanol–water partition coefficient (Wildman–Crippen LogP) is 3.58. The van der Waals surface area contributed by atoms with Gasteiger partial charge >= 0.3 is 0 Å². The maximum atomic E-state index is 3.42. The second-order valence-electron chi connectivity index (χ2n) is 4.78. The summed E-state index contributed by atoms with van der Waals surface area (Å²) in [5, 5.41) is 3.42. The lowest BCUT2D eigenvalue weighted by Crippen LogP contribution is -2.12.